The zero-order chi connectivity index (χ0) is 16.6. The lowest BCUT2D eigenvalue weighted by atomic mass is 10.1. The van der Waals surface area contributed by atoms with Crippen molar-refractivity contribution in [3.8, 4) is 0 Å². The molecule has 10 heteroatoms. The molecule has 0 heterocycles. The summed E-state index contributed by atoms with van der Waals surface area (Å²) in [6.07, 6.45) is -4.40. The molecule has 0 aromatic heterocycles. The molecular weight excluding hydrogens is 288 g/mol. The first-order valence-electron chi connectivity index (χ1n) is 6.25. The van der Waals surface area contributed by atoms with Crippen molar-refractivity contribution in [3.05, 3.63) is 0 Å². The van der Waals surface area contributed by atoms with Crippen LogP contribution >= 0.6 is 0 Å². The summed E-state index contributed by atoms with van der Waals surface area (Å²) in [6, 6.07) is -2.20. The summed E-state index contributed by atoms with van der Waals surface area (Å²) >= 11 is 0. The van der Waals surface area contributed by atoms with Gasteiger partial charge in [-0.05, 0) is 7.05 Å². The first-order chi connectivity index (χ1) is 9.65. The number of aliphatic carboxylic acids is 2. The van der Waals surface area contributed by atoms with Gasteiger partial charge in [-0.15, -0.1) is 0 Å². The van der Waals surface area contributed by atoms with Crippen LogP contribution in [0.15, 0.2) is 0 Å². The molecule has 0 aliphatic heterocycles. The van der Waals surface area contributed by atoms with Gasteiger partial charge in [0.1, 0.15) is 6.04 Å². The van der Waals surface area contributed by atoms with Crippen molar-refractivity contribution >= 4 is 11.9 Å². The average Bonchev–Trinajstić information content (AvgIpc) is 2.33. The van der Waals surface area contributed by atoms with Crippen LogP contribution in [0, 0.1) is 0 Å². The Labute approximate surface area is 121 Å². The van der Waals surface area contributed by atoms with Crippen LogP contribution < -0.4 is 5.32 Å². The van der Waals surface area contributed by atoms with Crippen molar-refractivity contribution < 1.29 is 40.2 Å². The molecule has 0 aromatic rings. The maximum absolute atomic E-state index is 10.8. The Morgan fingerprint density at radius 3 is 2.10 bits per heavy atom. The molecule has 0 saturated carbocycles. The summed E-state index contributed by atoms with van der Waals surface area (Å²) in [5.41, 5.74) is 0. The first-order valence-corrected chi connectivity index (χ1v) is 6.25. The molecule has 7 N–H and O–H groups in total. The average molecular weight is 310 g/mol. The smallest absolute Gasteiger partial charge is 0.321 e. The first kappa shape index (κ1) is 19.7. The summed E-state index contributed by atoms with van der Waals surface area (Å²) < 4.78 is 0. The lowest BCUT2D eigenvalue weighted by Gasteiger charge is -2.30. The van der Waals surface area contributed by atoms with Crippen LogP contribution in [0.1, 0.15) is 12.8 Å². The number of aliphatic hydroxyl groups excluding tert-OH is 2. The Morgan fingerprint density at radius 2 is 1.71 bits per heavy atom. The predicted octanol–water partition coefficient (Wildman–Crippen LogP) is -3.18. The highest BCUT2D eigenvalue weighted by Gasteiger charge is 2.25. The van der Waals surface area contributed by atoms with E-state index in [-0.39, 0.29) is 19.5 Å². The standard InChI is InChI=1S/C11H22N2O8/c1-13(7(11(20)21)5-9(16)17)3-2-12-6(10(18)19)4-8(14)15/h6-7,9,11-12,16-17,20-21H,2-5H2,1H3,(H,14,15)(H,18,19). The van der Waals surface area contributed by atoms with Crippen LogP contribution in [0.5, 0.6) is 0 Å². The van der Waals surface area contributed by atoms with Crippen molar-refractivity contribution in [1.29, 1.82) is 0 Å². The van der Waals surface area contributed by atoms with Gasteiger partial charge in [0, 0.05) is 19.5 Å². The number of hydrogen-bond acceptors (Lipinski definition) is 8. The van der Waals surface area contributed by atoms with Gasteiger partial charge >= 0.3 is 11.9 Å². The fraction of sp³-hybridized carbons (Fsp3) is 0.818. The molecule has 0 aliphatic rings. The number of hydrogen-bond donors (Lipinski definition) is 7. The van der Waals surface area contributed by atoms with E-state index in [1.807, 2.05) is 0 Å². The third-order valence-electron chi connectivity index (χ3n) is 2.89. The number of likely N-dealkylation sites (N-methyl/N-ethyl adjacent to an activating group) is 1. The molecule has 0 saturated heterocycles. The molecule has 0 bridgehead atoms. The number of aliphatic hydroxyl groups is 4. The van der Waals surface area contributed by atoms with E-state index >= 15 is 0 Å². The van der Waals surface area contributed by atoms with Gasteiger partial charge in [0.25, 0.3) is 0 Å². The van der Waals surface area contributed by atoms with Gasteiger partial charge in [-0.3, -0.25) is 14.5 Å². The zero-order valence-corrected chi connectivity index (χ0v) is 11.6. The Balaban J connectivity index is 4.34. The fourth-order valence-corrected chi connectivity index (χ4v) is 1.75. The molecule has 0 fully saturated rings. The van der Waals surface area contributed by atoms with E-state index < -0.39 is 43.0 Å². The highest BCUT2D eigenvalue weighted by Crippen LogP contribution is 2.07. The molecular formula is C11H22N2O8. The monoisotopic (exact) mass is 310 g/mol. The molecule has 0 amide bonds. The van der Waals surface area contributed by atoms with Crippen LogP contribution in [0.2, 0.25) is 0 Å². The van der Waals surface area contributed by atoms with Crippen molar-refractivity contribution in [3.63, 3.8) is 0 Å². The number of carboxylic acids is 2. The topological polar surface area (TPSA) is 171 Å². The largest absolute Gasteiger partial charge is 0.481 e. The molecule has 21 heavy (non-hydrogen) atoms. The predicted molar refractivity (Wildman–Crippen MR) is 69.2 cm³/mol. The maximum Gasteiger partial charge on any atom is 0.321 e. The summed E-state index contributed by atoms with van der Waals surface area (Å²) in [6.45, 7) is 0.226. The molecule has 2 atom stereocenters. The second kappa shape index (κ2) is 9.60. The van der Waals surface area contributed by atoms with Crippen molar-refractivity contribution in [2.45, 2.75) is 37.5 Å². The number of nitrogens with zero attached hydrogens (tertiary/aromatic N) is 1. The number of carbonyl (C=O) groups is 2. The molecule has 10 nitrogen and oxygen atoms in total. The van der Waals surface area contributed by atoms with Gasteiger partial charge in [-0.1, -0.05) is 0 Å². The summed E-state index contributed by atoms with van der Waals surface area (Å²) in [4.78, 5) is 22.7. The van der Waals surface area contributed by atoms with E-state index in [2.05, 4.69) is 5.32 Å². The Kier molecular flexibility index (Phi) is 9.01. The second-order valence-corrected chi connectivity index (χ2v) is 4.62. The fourth-order valence-electron chi connectivity index (χ4n) is 1.75. The second-order valence-electron chi connectivity index (χ2n) is 4.62. The van der Waals surface area contributed by atoms with Crippen molar-refractivity contribution in [2.24, 2.45) is 0 Å². The SMILES string of the molecule is CN(CCNC(CC(=O)O)C(=O)O)C(CC(O)O)C(O)O. The van der Waals surface area contributed by atoms with Gasteiger partial charge in [0.2, 0.25) is 0 Å². The van der Waals surface area contributed by atoms with Gasteiger partial charge in [0.15, 0.2) is 12.6 Å². The van der Waals surface area contributed by atoms with E-state index in [0.717, 1.165) is 0 Å². The maximum atomic E-state index is 10.8. The van der Waals surface area contributed by atoms with E-state index in [4.69, 9.17) is 30.6 Å². The molecule has 0 aromatic carbocycles. The lowest BCUT2D eigenvalue weighted by Crippen LogP contribution is -2.48. The Bertz CT molecular complexity index is 336. The van der Waals surface area contributed by atoms with Crippen molar-refractivity contribution in [2.75, 3.05) is 20.1 Å². The summed E-state index contributed by atoms with van der Waals surface area (Å²) in [5.74, 6) is -2.56. The number of nitrogens with one attached hydrogen (secondary N) is 1. The zero-order valence-electron chi connectivity index (χ0n) is 11.6. The van der Waals surface area contributed by atoms with Gasteiger partial charge in [-0.2, -0.15) is 0 Å². The Morgan fingerprint density at radius 1 is 1.14 bits per heavy atom. The third kappa shape index (κ3) is 8.55. The molecule has 2 unspecified atom stereocenters. The van der Waals surface area contributed by atoms with Crippen LogP contribution in [0.25, 0.3) is 0 Å². The highest BCUT2D eigenvalue weighted by atomic mass is 16.5. The van der Waals surface area contributed by atoms with Gasteiger partial charge < -0.3 is 36.0 Å². The molecule has 124 valence electrons. The van der Waals surface area contributed by atoms with E-state index in [9.17, 15) is 9.59 Å². The minimum absolute atomic E-state index is 0.0749. The minimum atomic E-state index is -1.80. The van der Waals surface area contributed by atoms with Crippen LogP contribution in [-0.2, 0) is 9.59 Å². The van der Waals surface area contributed by atoms with E-state index in [0.29, 0.717) is 0 Å². The van der Waals surface area contributed by atoms with Crippen LogP contribution in [0.3, 0.4) is 0 Å². The lowest BCUT2D eigenvalue weighted by molar-refractivity contribution is -0.146. The van der Waals surface area contributed by atoms with Gasteiger partial charge in [0.05, 0.1) is 12.5 Å². The molecule has 0 rings (SSSR count). The minimum Gasteiger partial charge on any atom is -0.481 e. The quantitative estimate of drug-likeness (QED) is 0.193. The van der Waals surface area contributed by atoms with E-state index in [1.54, 1.807) is 0 Å². The summed E-state index contributed by atoms with van der Waals surface area (Å²) in [5, 5.41) is 55.9. The van der Waals surface area contributed by atoms with Gasteiger partial charge in [-0.25, -0.2) is 0 Å². The normalized spacial score (nSPS) is 14.7. The number of rotatable bonds is 11. The molecule has 0 spiro atoms. The van der Waals surface area contributed by atoms with Crippen molar-refractivity contribution in [1.82, 2.24) is 10.2 Å². The van der Waals surface area contributed by atoms with Crippen LogP contribution in [-0.4, -0.2) is 92.3 Å². The Hall–Kier alpha value is -1.30. The molecule has 0 radical (unpaired) electrons. The number of carboxylic acid groups (broad SMARTS) is 2. The highest BCUT2D eigenvalue weighted by molar-refractivity contribution is 5.80. The molecule has 0 aliphatic carbocycles. The summed E-state index contributed by atoms with van der Waals surface area (Å²) in [7, 11) is 1.49. The van der Waals surface area contributed by atoms with E-state index in [1.165, 1.54) is 11.9 Å². The third-order valence-corrected chi connectivity index (χ3v) is 2.89. The van der Waals surface area contributed by atoms with Crippen LogP contribution in [0.4, 0.5) is 0 Å².